The monoisotopic (exact) mass is 346 g/mol. The molecule has 0 radical (unpaired) electrons. The lowest BCUT2D eigenvalue weighted by atomic mass is 10.2. The van der Waals surface area contributed by atoms with Crippen molar-refractivity contribution in [3.05, 3.63) is 29.8 Å². The summed E-state index contributed by atoms with van der Waals surface area (Å²) in [6, 6.07) is 2.81. The van der Waals surface area contributed by atoms with E-state index in [1.54, 1.807) is 4.90 Å². The van der Waals surface area contributed by atoms with Crippen LogP contribution in [0.4, 0.5) is 13.6 Å². The second-order valence-corrected chi connectivity index (χ2v) is 7.14. The molecule has 5 nitrogen and oxygen atoms in total. The Morgan fingerprint density at radius 3 is 3.00 bits per heavy atom. The van der Waals surface area contributed by atoms with E-state index in [4.69, 9.17) is 4.74 Å². The summed E-state index contributed by atoms with van der Waals surface area (Å²) < 4.78 is 42.9. The standard InChI is InChI=1S/C15H20F2N2O3S/c1-11-9-19(5-7-23(21)10-11)15(20)18-4-6-22-14-3-2-12(16)8-13(14)17/h2-3,8,11H,4-7,9-10H2,1H3,(H,18,20)/t11-,23-/m0/s1. The number of urea groups is 1. The largest absolute Gasteiger partial charge is 0.489 e. The van der Waals surface area contributed by atoms with Gasteiger partial charge in [-0.25, -0.2) is 13.6 Å². The van der Waals surface area contributed by atoms with Gasteiger partial charge in [-0.05, 0) is 18.1 Å². The Kier molecular flexibility index (Phi) is 6.32. The molecule has 1 aromatic carbocycles. The Morgan fingerprint density at radius 2 is 2.26 bits per heavy atom. The molecule has 1 N–H and O–H groups in total. The van der Waals surface area contributed by atoms with Crippen molar-refractivity contribution in [3.8, 4) is 5.75 Å². The van der Waals surface area contributed by atoms with Crippen LogP contribution in [-0.2, 0) is 10.8 Å². The van der Waals surface area contributed by atoms with Gasteiger partial charge in [0.15, 0.2) is 11.6 Å². The van der Waals surface area contributed by atoms with E-state index in [9.17, 15) is 17.8 Å². The molecule has 1 saturated heterocycles. The van der Waals surface area contributed by atoms with Gasteiger partial charge in [-0.1, -0.05) is 6.92 Å². The molecule has 1 aliphatic rings. The number of carbonyl (C=O) groups is 1. The van der Waals surface area contributed by atoms with E-state index in [2.05, 4.69) is 5.32 Å². The zero-order valence-electron chi connectivity index (χ0n) is 12.9. The van der Waals surface area contributed by atoms with Crippen LogP contribution in [0, 0.1) is 17.6 Å². The minimum atomic E-state index is -0.880. The highest BCUT2D eigenvalue weighted by molar-refractivity contribution is 7.85. The van der Waals surface area contributed by atoms with Gasteiger partial charge < -0.3 is 15.0 Å². The van der Waals surface area contributed by atoms with Gasteiger partial charge in [0, 0.05) is 41.5 Å². The van der Waals surface area contributed by atoms with Crippen LogP contribution in [-0.4, -0.2) is 52.9 Å². The van der Waals surface area contributed by atoms with E-state index in [1.165, 1.54) is 6.07 Å². The molecule has 1 aromatic rings. The molecule has 0 unspecified atom stereocenters. The predicted molar refractivity (Wildman–Crippen MR) is 83.9 cm³/mol. The molecule has 0 aromatic heterocycles. The predicted octanol–water partition coefficient (Wildman–Crippen LogP) is 1.75. The van der Waals surface area contributed by atoms with Gasteiger partial charge in [-0.2, -0.15) is 0 Å². The summed E-state index contributed by atoms with van der Waals surface area (Å²) >= 11 is 0. The van der Waals surface area contributed by atoms with E-state index < -0.39 is 22.4 Å². The minimum absolute atomic E-state index is 0.0561. The lowest BCUT2D eigenvalue weighted by Crippen LogP contribution is -2.43. The molecule has 0 bridgehead atoms. The Hall–Kier alpha value is -1.70. The highest BCUT2D eigenvalue weighted by atomic mass is 32.2. The van der Waals surface area contributed by atoms with Crippen LogP contribution in [0.3, 0.4) is 0 Å². The van der Waals surface area contributed by atoms with Crippen LogP contribution in [0.2, 0.25) is 0 Å². The first-order chi connectivity index (χ1) is 11.0. The first-order valence-corrected chi connectivity index (χ1v) is 8.90. The van der Waals surface area contributed by atoms with Gasteiger partial charge in [0.1, 0.15) is 12.4 Å². The van der Waals surface area contributed by atoms with Crippen molar-refractivity contribution in [1.29, 1.82) is 0 Å². The van der Waals surface area contributed by atoms with Crippen LogP contribution in [0.1, 0.15) is 6.92 Å². The van der Waals surface area contributed by atoms with Crippen LogP contribution in [0.15, 0.2) is 18.2 Å². The van der Waals surface area contributed by atoms with Gasteiger partial charge in [0.2, 0.25) is 0 Å². The summed E-state index contributed by atoms with van der Waals surface area (Å²) in [6.45, 7) is 3.25. The number of nitrogens with zero attached hydrogens (tertiary/aromatic N) is 1. The highest BCUT2D eigenvalue weighted by Gasteiger charge is 2.22. The van der Waals surface area contributed by atoms with Crippen LogP contribution in [0.5, 0.6) is 5.75 Å². The molecule has 0 saturated carbocycles. The molecule has 2 rings (SSSR count). The van der Waals surface area contributed by atoms with Crippen molar-refractivity contribution in [2.45, 2.75) is 6.92 Å². The van der Waals surface area contributed by atoms with Crippen molar-refractivity contribution in [1.82, 2.24) is 10.2 Å². The third-order valence-electron chi connectivity index (χ3n) is 3.41. The summed E-state index contributed by atoms with van der Waals surface area (Å²) in [5.74, 6) is -0.227. The van der Waals surface area contributed by atoms with E-state index >= 15 is 0 Å². The first-order valence-electron chi connectivity index (χ1n) is 7.41. The zero-order chi connectivity index (χ0) is 16.8. The summed E-state index contributed by atoms with van der Waals surface area (Å²) in [5.41, 5.74) is 0. The van der Waals surface area contributed by atoms with Gasteiger partial charge in [0.05, 0.1) is 6.54 Å². The Morgan fingerprint density at radius 1 is 1.48 bits per heavy atom. The fourth-order valence-corrected chi connectivity index (χ4v) is 3.67. The van der Waals surface area contributed by atoms with E-state index in [-0.39, 0.29) is 30.9 Å². The maximum absolute atomic E-state index is 13.4. The fraction of sp³-hybridized carbons (Fsp3) is 0.533. The Balaban J connectivity index is 1.75. The molecule has 2 amide bonds. The van der Waals surface area contributed by atoms with Crippen molar-refractivity contribution >= 4 is 16.8 Å². The first kappa shape index (κ1) is 17.7. The van der Waals surface area contributed by atoms with Gasteiger partial charge in [-0.15, -0.1) is 0 Å². The third-order valence-corrected chi connectivity index (χ3v) is 4.99. The molecule has 2 atom stereocenters. The molecular weight excluding hydrogens is 326 g/mol. The van der Waals surface area contributed by atoms with E-state index in [1.807, 2.05) is 6.92 Å². The van der Waals surface area contributed by atoms with E-state index in [0.717, 1.165) is 12.1 Å². The fourth-order valence-electron chi connectivity index (χ4n) is 2.34. The second kappa shape index (κ2) is 8.24. The number of benzene rings is 1. The molecule has 128 valence electrons. The summed E-state index contributed by atoms with van der Waals surface area (Å²) in [5, 5.41) is 2.68. The van der Waals surface area contributed by atoms with Crippen LogP contribution < -0.4 is 10.1 Å². The molecule has 1 fully saturated rings. The Bertz CT molecular complexity index is 586. The van der Waals surface area contributed by atoms with Crippen molar-refractivity contribution < 1.29 is 22.5 Å². The SMILES string of the molecule is C[C@H]1CN(C(=O)NCCOc2ccc(F)cc2F)CC[S@](=O)C1. The quantitative estimate of drug-likeness (QED) is 0.845. The minimum Gasteiger partial charge on any atom is -0.489 e. The second-order valence-electron chi connectivity index (χ2n) is 5.52. The molecule has 0 aliphatic carbocycles. The topological polar surface area (TPSA) is 58.6 Å². The number of halogens is 2. The van der Waals surface area contributed by atoms with Crippen molar-refractivity contribution in [3.63, 3.8) is 0 Å². The maximum atomic E-state index is 13.4. The highest BCUT2D eigenvalue weighted by Crippen LogP contribution is 2.17. The number of hydrogen-bond donors (Lipinski definition) is 1. The molecule has 23 heavy (non-hydrogen) atoms. The number of amides is 2. The van der Waals surface area contributed by atoms with Gasteiger partial charge in [-0.3, -0.25) is 4.21 Å². The van der Waals surface area contributed by atoms with Crippen molar-refractivity contribution in [2.24, 2.45) is 5.92 Å². The summed E-state index contributed by atoms with van der Waals surface area (Å²) in [4.78, 5) is 13.7. The number of nitrogens with one attached hydrogen (secondary N) is 1. The van der Waals surface area contributed by atoms with Crippen LogP contribution in [0.25, 0.3) is 0 Å². The average molecular weight is 346 g/mol. The lowest BCUT2D eigenvalue weighted by molar-refractivity contribution is 0.192. The maximum Gasteiger partial charge on any atom is 0.317 e. The number of rotatable bonds is 4. The normalized spacial score (nSPS) is 21.6. The average Bonchev–Trinajstić information content (AvgIpc) is 2.65. The van der Waals surface area contributed by atoms with Gasteiger partial charge in [0.25, 0.3) is 0 Å². The number of ether oxygens (including phenoxy) is 1. The molecular formula is C15H20F2N2O3S. The lowest BCUT2D eigenvalue weighted by Gasteiger charge is -2.22. The molecule has 0 spiro atoms. The zero-order valence-corrected chi connectivity index (χ0v) is 13.7. The summed E-state index contributed by atoms with van der Waals surface area (Å²) in [6.07, 6.45) is 0. The number of hydrogen-bond acceptors (Lipinski definition) is 3. The molecule has 1 aliphatic heterocycles. The van der Waals surface area contributed by atoms with Crippen molar-refractivity contribution in [2.75, 3.05) is 37.7 Å². The van der Waals surface area contributed by atoms with Crippen LogP contribution >= 0.6 is 0 Å². The van der Waals surface area contributed by atoms with E-state index in [0.29, 0.717) is 24.6 Å². The molecule has 1 heterocycles. The number of carbonyl (C=O) groups excluding carboxylic acids is 1. The smallest absolute Gasteiger partial charge is 0.317 e. The third kappa shape index (κ3) is 5.46. The van der Waals surface area contributed by atoms with Gasteiger partial charge >= 0.3 is 6.03 Å². The molecule has 8 heteroatoms. The Labute approximate surface area is 136 Å². The summed E-state index contributed by atoms with van der Waals surface area (Å²) in [7, 11) is -0.880.